The second-order valence-electron chi connectivity index (χ2n) is 4.95. The zero-order valence-corrected chi connectivity index (χ0v) is 11.8. The Morgan fingerprint density at radius 3 is 2.90 bits per heavy atom. The summed E-state index contributed by atoms with van der Waals surface area (Å²) in [6, 6.07) is 1.55. The van der Waals surface area contributed by atoms with E-state index in [2.05, 4.69) is 10.2 Å². The molecule has 1 aliphatic heterocycles. The van der Waals surface area contributed by atoms with E-state index in [-0.39, 0.29) is 18.6 Å². The second-order valence-corrected chi connectivity index (χ2v) is 4.95. The van der Waals surface area contributed by atoms with Gasteiger partial charge in [0, 0.05) is 13.1 Å². The minimum absolute atomic E-state index is 0.0548. The Labute approximate surface area is 118 Å². The van der Waals surface area contributed by atoms with Crippen molar-refractivity contribution in [1.29, 1.82) is 0 Å². The molecule has 0 unspecified atom stereocenters. The number of amides is 1. The van der Waals surface area contributed by atoms with Gasteiger partial charge in [-0.05, 0) is 12.5 Å². The van der Waals surface area contributed by atoms with Gasteiger partial charge < -0.3 is 19.6 Å². The molecule has 6 heteroatoms. The maximum absolute atomic E-state index is 12.0. The molecule has 2 N–H and O–H groups in total. The molecule has 0 radical (unpaired) electrons. The maximum Gasteiger partial charge on any atom is 0.254 e. The van der Waals surface area contributed by atoms with E-state index in [4.69, 9.17) is 14.3 Å². The first-order chi connectivity index (χ1) is 9.72. The van der Waals surface area contributed by atoms with Gasteiger partial charge in [0.25, 0.3) is 5.91 Å². The van der Waals surface area contributed by atoms with E-state index in [1.165, 1.54) is 6.26 Å². The summed E-state index contributed by atoms with van der Waals surface area (Å²) < 4.78 is 10.7. The van der Waals surface area contributed by atoms with Gasteiger partial charge in [-0.25, -0.2) is 0 Å². The molecule has 1 aromatic rings. The highest BCUT2D eigenvalue weighted by Gasteiger charge is 2.16. The Balaban J connectivity index is 1.89. The quantitative estimate of drug-likeness (QED) is 0.800. The minimum atomic E-state index is -0.208. The summed E-state index contributed by atoms with van der Waals surface area (Å²) in [5.41, 5.74) is 0.500. The van der Waals surface area contributed by atoms with Crippen LogP contribution in [0.15, 0.2) is 16.7 Å². The van der Waals surface area contributed by atoms with Crippen molar-refractivity contribution in [3.05, 3.63) is 23.7 Å². The summed E-state index contributed by atoms with van der Waals surface area (Å²) >= 11 is 0. The third-order valence-corrected chi connectivity index (χ3v) is 3.45. The summed E-state index contributed by atoms with van der Waals surface area (Å²) in [5.74, 6) is 0.567. The number of carbonyl (C=O) groups is 1. The number of hydrogen-bond donors (Lipinski definition) is 2. The van der Waals surface area contributed by atoms with Crippen LogP contribution in [0.5, 0.6) is 0 Å². The number of nitrogens with zero attached hydrogens (tertiary/aromatic N) is 1. The number of carbonyl (C=O) groups excluding carboxylic acids is 1. The average Bonchev–Trinajstić information content (AvgIpc) is 2.94. The van der Waals surface area contributed by atoms with E-state index in [1.807, 2.05) is 6.92 Å². The average molecular weight is 282 g/mol. The zero-order chi connectivity index (χ0) is 14.4. The third kappa shape index (κ3) is 4.06. The smallest absolute Gasteiger partial charge is 0.254 e. The molecule has 1 fully saturated rings. The van der Waals surface area contributed by atoms with Crippen LogP contribution in [-0.4, -0.2) is 54.9 Å². The van der Waals surface area contributed by atoms with Crippen molar-refractivity contribution in [2.24, 2.45) is 0 Å². The van der Waals surface area contributed by atoms with Crippen LogP contribution in [0, 0.1) is 0 Å². The van der Waals surface area contributed by atoms with Crippen LogP contribution in [-0.2, 0) is 11.3 Å². The van der Waals surface area contributed by atoms with E-state index in [1.54, 1.807) is 6.07 Å². The van der Waals surface area contributed by atoms with Gasteiger partial charge in [-0.15, -0.1) is 0 Å². The summed E-state index contributed by atoms with van der Waals surface area (Å²) in [6.07, 6.45) is 2.16. The number of morpholine rings is 1. The van der Waals surface area contributed by atoms with Crippen LogP contribution in [0.2, 0.25) is 0 Å². The lowest BCUT2D eigenvalue weighted by molar-refractivity contribution is 0.0313. The van der Waals surface area contributed by atoms with Gasteiger partial charge in [0.15, 0.2) is 0 Å². The van der Waals surface area contributed by atoms with E-state index in [9.17, 15) is 4.79 Å². The van der Waals surface area contributed by atoms with Crippen molar-refractivity contribution in [1.82, 2.24) is 10.2 Å². The molecule has 0 aliphatic carbocycles. The first-order valence-corrected chi connectivity index (χ1v) is 7.02. The monoisotopic (exact) mass is 282 g/mol. The fourth-order valence-corrected chi connectivity index (χ4v) is 2.11. The Hall–Kier alpha value is -1.37. The summed E-state index contributed by atoms with van der Waals surface area (Å²) in [4.78, 5) is 14.2. The highest BCUT2D eigenvalue weighted by molar-refractivity contribution is 5.94. The molecule has 0 aromatic carbocycles. The molecular weight excluding hydrogens is 260 g/mol. The van der Waals surface area contributed by atoms with Crippen molar-refractivity contribution in [3.63, 3.8) is 0 Å². The maximum atomic E-state index is 12.0. The molecule has 1 amide bonds. The Morgan fingerprint density at radius 2 is 2.25 bits per heavy atom. The van der Waals surface area contributed by atoms with E-state index >= 15 is 0 Å². The van der Waals surface area contributed by atoms with Gasteiger partial charge in [-0.3, -0.25) is 9.69 Å². The molecule has 112 valence electrons. The standard InChI is InChI=1S/C14H22N2O4/c1-2-12(9-17)15-14(18)11-7-13(20-10-11)8-16-3-5-19-6-4-16/h7,10,12,17H,2-6,8-9H2,1H3,(H,15,18)/t12-/m1/s1. The lowest BCUT2D eigenvalue weighted by Crippen LogP contribution is -2.36. The highest BCUT2D eigenvalue weighted by Crippen LogP contribution is 2.12. The Morgan fingerprint density at radius 1 is 1.50 bits per heavy atom. The van der Waals surface area contributed by atoms with Gasteiger partial charge in [0.2, 0.25) is 0 Å². The summed E-state index contributed by atoms with van der Waals surface area (Å²) in [6.45, 7) is 5.79. The number of nitrogens with one attached hydrogen (secondary N) is 1. The first-order valence-electron chi connectivity index (χ1n) is 7.02. The molecule has 2 heterocycles. The number of aliphatic hydroxyl groups is 1. The van der Waals surface area contributed by atoms with E-state index in [0.717, 1.165) is 32.1 Å². The second kappa shape index (κ2) is 7.42. The van der Waals surface area contributed by atoms with E-state index in [0.29, 0.717) is 18.5 Å². The topological polar surface area (TPSA) is 74.9 Å². The number of hydrogen-bond acceptors (Lipinski definition) is 5. The fraction of sp³-hybridized carbons (Fsp3) is 0.643. The fourth-order valence-electron chi connectivity index (χ4n) is 2.11. The number of aliphatic hydroxyl groups excluding tert-OH is 1. The molecule has 1 saturated heterocycles. The predicted octanol–water partition coefficient (Wildman–Crippen LogP) is 0.613. The van der Waals surface area contributed by atoms with Crippen molar-refractivity contribution in [2.45, 2.75) is 25.9 Å². The Kier molecular flexibility index (Phi) is 5.58. The van der Waals surface area contributed by atoms with E-state index < -0.39 is 0 Å². The molecule has 1 aromatic heterocycles. The van der Waals surface area contributed by atoms with Crippen molar-refractivity contribution in [2.75, 3.05) is 32.9 Å². The van der Waals surface area contributed by atoms with Crippen LogP contribution in [0.25, 0.3) is 0 Å². The van der Waals surface area contributed by atoms with Crippen LogP contribution < -0.4 is 5.32 Å². The van der Waals surface area contributed by atoms with Gasteiger partial charge in [-0.2, -0.15) is 0 Å². The molecular formula is C14H22N2O4. The zero-order valence-electron chi connectivity index (χ0n) is 11.8. The molecule has 1 atom stereocenters. The lowest BCUT2D eigenvalue weighted by Gasteiger charge is -2.25. The van der Waals surface area contributed by atoms with Crippen molar-refractivity contribution >= 4 is 5.91 Å². The Bertz CT molecular complexity index is 423. The third-order valence-electron chi connectivity index (χ3n) is 3.45. The van der Waals surface area contributed by atoms with Crippen LogP contribution in [0.3, 0.4) is 0 Å². The van der Waals surface area contributed by atoms with Crippen LogP contribution in [0.4, 0.5) is 0 Å². The normalized spacial score (nSPS) is 17.9. The van der Waals surface area contributed by atoms with Crippen LogP contribution in [0.1, 0.15) is 29.5 Å². The SMILES string of the molecule is CC[C@H](CO)NC(=O)c1coc(CN2CCOCC2)c1. The van der Waals surface area contributed by atoms with Crippen molar-refractivity contribution in [3.8, 4) is 0 Å². The number of furan rings is 1. The lowest BCUT2D eigenvalue weighted by atomic mass is 10.2. The predicted molar refractivity (Wildman–Crippen MR) is 73.4 cm³/mol. The minimum Gasteiger partial charge on any atom is -0.467 e. The number of rotatable bonds is 6. The first kappa shape index (κ1) is 15.0. The molecule has 2 rings (SSSR count). The summed E-state index contributed by atoms with van der Waals surface area (Å²) in [7, 11) is 0. The van der Waals surface area contributed by atoms with Crippen LogP contribution >= 0.6 is 0 Å². The van der Waals surface area contributed by atoms with Gasteiger partial charge >= 0.3 is 0 Å². The number of ether oxygens (including phenoxy) is 1. The molecule has 20 heavy (non-hydrogen) atoms. The largest absolute Gasteiger partial charge is 0.467 e. The molecule has 6 nitrogen and oxygen atoms in total. The van der Waals surface area contributed by atoms with Gasteiger partial charge in [-0.1, -0.05) is 6.92 Å². The molecule has 1 aliphatic rings. The summed E-state index contributed by atoms with van der Waals surface area (Å²) in [5, 5.41) is 11.9. The van der Waals surface area contributed by atoms with Gasteiger partial charge in [0.1, 0.15) is 12.0 Å². The van der Waals surface area contributed by atoms with Gasteiger partial charge in [0.05, 0.1) is 38.0 Å². The van der Waals surface area contributed by atoms with Crippen molar-refractivity contribution < 1.29 is 19.1 Å². The molecule has 0 saturated carbocycles. The highest BCUT2D eigenvalue weighted by atomic mass is 16.5. The molecule has 0 spiro atoms. The molecule has 0 bridgehead atoms.